The van der Waals surface area contributed by atoms with Gasteiger partial charge in [0.15, 0.2) is 0 Å². The highest BCUT2D eigenvalue weighted by Crippen LogP contribution is 2.22. The Hall–Kier alpha value is -1.36. The number of ether oxygens (including phenoxy) is 2. The van der Waals surface area contributed by atoms with Crippen LogP contribution in [0.25, 0.3) is 0 Å². The molecule has 3 N–H and O–H groups in total. The van der Waals surface area contributed by atoms with Crippen LogP contribution in [0.4, 0.5) is 0 Å². The van der Waals surface area contributed by atoms with Crippen molar-refractivity contribution in [1.82, 2.24) is 0 Å². The van der Waals surface area contributed by atoms with Crippen LogP contribution in [0.1, 0.15) is 18.9 Å². The number of rotatable bonds is 8. The fourth-order valence-electron chi connectivity index (χ4n) is 1.42. The summed E-state index contributed by atoms with van der Waals surface area (Å²) in [6, 6.07) is 5.29. The van der Waals surface area contributed by atoms with E-state index in [2.05, 4.69) is 6.92 Å². The number of hydrogen-bond donors (Lipinski definition) is 2. The zero-order valence-corrected chi connectivity index (χ0v) is 11.7. The molecule has 100 valence electrons. The molecule has 0 aliphatic heterocycles. The summed E-state index contributed by atoms with van der Waals surface area (Å²) in [6.07, 6.45) is 1.01. The van der Waals surface area contributed by atoms with E-state index in [9.17, 15) is 0 Å². The Morgan fingerprint density at radius 2 is 2.06 bits per heavy atom. The molecule has 4 nitrogen and oxygen atoms in total. The minimum absolute atomic E-state index is 0.0142. The highest BCUT2D eigenvalue weighted by molar-refractivity contribution is 7.99. The lowest BCUT2D eigenvalue weighted by Gasteiger charge is -2.10. The van der Waals surface area contributed by atoms with Crippen LogP contribution in [-0.4, -0.2) is 31.1 Å². The highest BCUT2D eigenvalue weighted by atomic mass is 32.2. The fraction of sp³-hybridized carbons (Fsp3) is 0.462. The van der Waals surface area contributed by atoms with Crippen molar-refractivity contribution < 1.29 is 9.47 Å². The van der Waals surface area contributed by atoms with Gasteiger partial charge >= 0.3 is 0 Å². The number of benzene rings is 1. The monoisotopic (exact) mass is 268 g/mol. The van der Waals surface area contributed by atoms with Gasteiger partial charge in [0.1, 0.15) is 17.3 Å². The zero-order chi connectivity index (χ0) is 13.4. The predicted octanol–water partition coefficient (Wildman–Crippen LogP) is 2.50. The van der Waals surface area contributed by atoms with Crippen LogP contribution in [0, 0.1) is 5.41 Å². The van der Waals surface area contributed by atoms with Crippen LogP contribution in [0.3, 0.4) is 0 Å². The van der Waals surface area contributed by atoms with E-state index in [0.717, 1.165) is 17.9 Å². The third-order valence-electron chi connectivity index (χ3n) is 2.33. The zero-order valence-electron chi connectivity index (χ0n) is 10.9. The summed E-state index contributed by atoms with van der Waals surface area (Å²) >= 11 is 1.90. The van der Waals surface area contributed by atoms with E-state index >= 15 is 0 Å². The van der Waals surface area contributed by atoms with Gasteiger partial charge in [-0.15, -0.1) is 0 Å². The molecule has 0 saturated carbocycles. The fourth-order valence-corrected chi connectivity index (χ4v) is 2.03. The molecule has 0 fully saturated rings. The Balaban J connectivity index is 2.58. The highest BCUT2D eigenvalue weighted by Gasteiger charge is 2.04. The Morgan fingerprint density at radius 3 is 2.67 bits per heavy atom. The largest absolute Gasteiger partial charge is 0.497 e. The first-order chi connectivity index (χ1) is 8.67. The number of nitrogen functional groups attached to an aromatic ring is 1. The maximum atomic E-state index is 7.44. The summed E-state index contributed by atoms with van der Waals surface area (Å²) in [5, 5.41) is 7.44. The molecule has 0 radical (unpaired) electrons. The number of thioether (sulfide) groups is 1. The molecule has 1 aromatic rings. The van der Waals surface area contributed by atoms with E-state index in [1.54, 1.807) is 25.3 Å². The maximum Gasteiger partial charge on any atom is 0.123 e. The van der Waals surface area contributed by atoms with Gasteiger partial charge in [-0.05, 0) is 30.1 Å². The van der Waals surface area contributed by atoms with Gasteiger partial charge in [-0.25, -0.2) is 0 Å². The lowest BCUT2D eigenvalue weighted by Crippen LogP contribution is -2.11. The summed E-state index contributed by atoms with van der Waals surface area (Å²) in [5.41, 5.74) is 6.09. The SMILES string of the molecule is CCSCCCOc1cc(OC)cc(C(=N)N)c1. The molecule has 0 saturated heterocycles. The molecule has 5 heteroatoms. The molecule has 1 aromatic carbocycles. The van der Waals surface area contributed by atoms with Gasteiger partial charge < -0.3 is 15.2 Å². The molecule has 0 spiro atoms. The summed E-state index contributed by atoms with van der Waals surface area (Å²) in [5.74, 6) is 3.59. The molecule has 0 atom stereocenters. The van der Waals surface area contributed by atoms with Gasteiger partial charge in [0, 0.05) is 11.6 Å². The second-order valence-electron chi connectivity index (χ2n) is 3.71. The number of nitrogens with one attached hydrogen (secondary N) is 1. The molecular formula is C13H20N2O2S. The minimum Gasteiger partial charge on any atom is -0.497 e. The lowest BCUT2D eigenvalue weighted by molar-refractivity contribution is 0.316. The third kappa shape index (κ3) is 4.87. The molecule has 18 heavy (non-hydrogen) atoms. The predicted molar refractivity (Wildman–Crippen MR) is 77.1 cm³/mol. The average Bonchev–Trinajstić information content (AvgIpc) is 2.38. The first kappa shape index (κ1) is 14.7. The second-order valence-corrected chi connectivity index (χ2v) is 5.10. The van der Waals surface area contributed by atoms with Crippen molar-refractivity contribution >= 4 is 17.6 Å². The van der Waals surface area contributed by atoms with E-state index < -0.39 is 0 Å². The van der Waals surface area contributed by atoms with Crippen molar-refractivity contribution in [2.24, 2.45) is 5.73 Å². The maximum absolute atomic E-state index is 7.44. The van der Waals surface area contributed by atoms with Crippen molar-refractivity contribution in [3.05, 3.63) is 23.8 Å². The van der Waals surface area contributed by atoms with E-state index in [1.165, 1.54) is 0 Å². The van der Waals surface area contributed by atoms with E-state index in [4.69, 9.17) is 20.6 Å². The molecular weight excluding hydrogens is 248 g/mol. The van der Waals surface area contributed by atoms with E-state index in [0.29, 0.717) is 23.7 Å². The molecule has 0 aliphatic rings. The average molecular weight is 268 g/mol. The van der Waals surface area contributed by atoms with Crippen LogP contribution in [0.15, 0.2) is 18.2 Å². The van der Waals surface area contributed by atoms with E-state index in [-0.39, 0.29) is 5.84 Å². The lowest BCUT2D eigenvalue weighted by atomic mass is 10.2. The Labute approximate surface area is 112 Å². The number of nitrogens with two attached hydrogens (primary N) is 1. The van der Waals surface area contributed by atoms with Gasteiger partial charge in [-0.1, -0.05) is 6.92 Å². The molecule has 0 bridgehead atoms. The Kier molecular flexibility index (Phi) is 6.43. The quantitative estimate of drug-likeness (QED) is 0.432. The molecule has 1 rings (SSSR count). The van der Waals surface area contributed by atoms with Crippen molar-refractivity contribution in [3.63, 3.8) is 0 Å². The Morgan fingerprint density at radius 1 is 1.33 bits per heavy atom. The van der Waals surface area contributed by atoms with Crippen LogP contribution >= 0.6 is 11.8 Å². The molecule has 0 aliphatic carbocycles. The van der Waals surface area contributed by atoms with Crippen LogP contribution in [0.2, 0.25) is 0 Å². The summed E-state index contributed by atoms with van der Waals surface area (Å²) in [7, 11) is 1.58. The van der Waals surface area contributed by atoms with Gasteiger partial charge in [0.2, 0.25) is 0 Å². The first-order valence-corrected chi connectivity index (χ1v) is 7.07. The van der Waals surface area contributed by atoms with Crippen molar-refractivity contribution in [3.8, 4) is 11.5 Å². The van der Waals surface area contributed by atoms with Crippen molar-refractivity contribution in [2.45, 2.75) is 13.3 Å². The molecule has 0 unspecified atom stereocenters. The van der Waals surface area contributed by atoms with Gasteiger partial charge in [-0.2, -0.15) is 11.8 Å². The number of hydrogen-bond acceptors (Lipinski definition) is 4. The van der Waals surface area contributed by atoms with Gasteiger partial charge in [0.05, 0.1) is 13.7 Å². The summed E-state index contributed by atoms with van der Waals surface area (Å²) in [6.45, 7) is 2.81. The standard InChI is InChI=1S/C13H20N2O2S/c1-3-18-6-4-5-17-12-8-10(13(14)15)7-11(9-12)16-2/h7-9H,3-6H2,1-2H3,(H3,14,15). The van der Waals surface area contributed by atoms with Crippen LogP contribution in [0.5, 0.6) is 11.5 Å². The Bertz CT molecular complexity index is 397. The first-order valence-electron chi connectivity index (χ1n) is 5.91. The number of methoxy groups -OCH3 is 1. The van der Waals surface area contributed by atoms with E-state index in [1.807, 2.05) is 11.8 Å². The van der Waals surface area contributed by atoms with Crippen LogP contribution < -0.4 is 15.2 Å². The molecule has 0 amide bonds. The van der Waals surface area contributed by atoms with Crippen molar-refractivity contribution in [2.75, 3.05) is 25.2 Å². The minimum atomic E-state index is 0.0142. The van der Waals surface area contributed by atoms with Gasteiger partial charge in [0.25, 0.3) is 0 Å². The normalized spacial score (nSPS) is 10.1. The second kappa shape index (κ2) is 7.87. The molecule has 0 aromatic heterocycles. The third-order valence-corrected chi connectivity index (χ3v) is 3.32. The topological polar surface area (TPSA) is 68.3 Å². The van der Waals surface area contributed by atoms with Crippen LogP contribution in [-0.2, 0) is 0 Å². The smallest absolute Gasteiger partial charge is 0.123 e. The summed E-state index contributed by atoms with van der Waals surface area (Å²) in [4.78, 5) is 0. The van der Waals surface area contributed by atoms with Gasteiger partial charge in [-0.3, -0.25) is 5.41 Å². The summed E-state index contributed by atoms with van der Waals surface area (Å²) < 4.78 is 10.8. The van der Waals surface area contributed by atoms with Crippen molar-refractivity contribution in [1.29, 1.82) is 5.41 Å². The number of amidine groups is 1. The molecule has 0 heterocycles.